The molecule has 0 radical (unpaired) electrons. The number of methoxy groups -OCH3 is 2. The van der Waals surface area contributed by atoms with Crippen molar-refractivity contribution in [1.29, 1.82) is 0 Å². The summed E-state index contributed by atoms with van der Waals surface area (Å²) in [6.07, 6.45) is 0. The molecule has 0 fully saturated rings. The molecule has 1 aliphatic heterocycles. The topological polar surface area (TPSA) is 86.0 Å². The third kappa shape index (κ3) is 3.17. The van der Waals surface area contributed by atoms with Crippen LogP contribution in [0.3, 0.4) is 0 Å². The molecule has 4 rings (SSSR count). The van der Waals surface area contributed by atoms with Crippen molar-refractivity contribution in [3.8, 4) is 0 Å². The first-order chi connectivity index (χ1) is 14.5. The van der Waals surface area contributed by atoms with Crippen LogP contribution in [0.2, 0.25) is 0 Å². The number of hydrogen-bond acceptors (Lipinski definition) is 6. The number of hydrogen-bond donors (Lipinski definition) is 0. The van der Waals surface area contributed by atoms with Gasteiger partial charge in [0.05, 0.1) is 36.3 Å². The zero-order valence-corrected chi connectivity index (χ0v) is 16.9. The van der Waals surface area contributed by atoms with E-state index in [2.05, 4.69) is 0 Å². The SMILES string of the molecule is COCCN1C(=O)c2oc3ccc(C)cc3c(=O)c2[C@H]1c1ccc(C(=O)OC)cc1. The van der Waals surface area contributed by atoms with E-state index in [1.165, 1.54) is 7.11 Å². The third-order valence-corrected chi connectivity index (χ3v) is 5.31. The largest absolute Gasteiger partial charge is 0.465 e. The lowest BCUT2D eigenvalue weighted by Crippen LogP contribution is -2.32. The Bertz CT molecular complexity index is 1190. The van der Waals surface area contributed by atoms with Crippen molar-refractivity contribution >= 4 is 22.8 Å². The summed E-state index contributed by atoms with van der Waals surface area (Å²) in [5.41, 5.74) is 2.46. The second-order valence-corrected chi connectivity index (χ2v) is 7.18. The van der Waals surface area contributed by atoms with Gasteiger partial charge in [0.15, 0.2) is 5.43 Å². The highest BCUT2D eigenvalue weighted by molar-refractivity contribution is 5.99. The lowest BCUT2D eigenvalue weighted by Gasteiger charge is -2.24. The minimum Gasteiger partial charge on any atom is -0.465 e. The fourth-order valence-corrected chi connectivity index (χ4v) is 3.82. The van der Waals surface area contributed by atoms with Crippen LogP contribution in [0.5, 0.6) is 0 Å². The number of ether oxygens (including phenoxy) is 2. The highest BCUT2D eigenvalue weighted by Gasteiger charge is 2.42. The second kappa shape index (κ2) is 7.76. The normalized spacial score (nSPS) is 15.5. The minimum atomic E-state index is -0.629. The molecule has 0 bridgehead atoms. The molecule has 7 heteroatoms. The molecule has 3 aromatic rings. The van der Waals surface area contributed by atoms with Crippen LogP contribution in [0.15, 0.2) is 51.7 Å². The first-order valence-electron chi connectivity index (χ1n) is 9.51. The van der Waals surface area contributed by atoms with E-state index in [9.17, 15) is 14.4 Å². The molecule has 7 nitrogen and oxygen atoms in total. The molecule has 1 amide bonds. The van der Waals surface area contributed by atoms with E-state index >= 15 is 0 Å². The fourth-order valence-electron chi connectivity index (χ4n) is 3.82. The monoisotopic (exact) mass is 407 g/mol. The van der Waals surface area contributed by atoms with Gasteiger partial charge in [-0.15, -0.1) is 0 Å². The zero-order valence-electron chi connectivity index (χ0n) is 16.9. The van der Waals surface area contributed by atoms with E-state index < -0.39 is 12.0 Å². The maximum Gasteiger partial charge on any atom is 0.337 e. The van der Waals surface area contributed by atoms with Gasteiger partial charge >= 0.3 is 5.97 Å². The summed E-state index contributed by atoms with van der Waals surface area (Å²) in [5, 5.41) is 0.436. The average Bonchev–Trinajstić information content (AvgIpc) is 3.04. The van der Waals surface area contributed by atoms with Gasteiger partial charge in [0.1, 0.15) is 5.58 Å². The van der Waals surface area contributed by atoms with Gasteiger partial charge in [-0.1, -0.05) is 23.8 Å². The summed E-state index contributed by atoms with van der Waals surface area (Å²) >= 11 is 0. The third-order valence-electron chi connectivity index (χ3n) is 5.31. The maximum absolute atomic E-state index is 13.4. The number of rotatable bonds is 5. The second-order valence-electron chi connectivity index (χ2n) is 7.18. The van der Waals surface area contributed by atoms with E-state index in [0.717, 1.165) is 5.56 Å². The van der Waals surface area contributed by atoms with Gasteiger partial charge in [0, 0.05) is 13.7 Å². The molecule has 0 saturated carbocycles. The van der Waals surface area contributed by atoms with Crippen LogP contribution in [0.4, 0.5) is 0 Å². The Balaban J connectivity index is 1.90. The standard InChI is InChI=1S/C23H21NO6/c1-13-4-9-17-16(12-13)20(25)18-19(14-5-7-15(8-6-14)23(27)29-3)24(10-11-28-2)22(26)21(18)30-17/h4-9,12,19H,10-11H2,1-3H3/t19-/m1/s1. The van der Waals surface area contributed by atoms with Crippen molar-refractivity contribution in [2.45, 2.75) is 13.0 Å². The number of nitrogens with zero attached hydrogens (tertiary/aromatic N) is 1. The van der Waals surface area contributed by atoms with E-state index in [0.29, 0.717) is 34.3 Å². The summed E-state index contributed by atoms with van der Waals surface area (Å²) in [4.78, 5) is 39.9. The van der Waals surface area contributed by atoms with Crippen molar-refractivity contribution in [1.82, 2.24) is 4.90 Å². The Morgan fingerprint density at radius 2 is 1.83 bits per heavy atom. The summed E-state index contributed by atoms with van der Waals surface area (Å²) in [6.45, 7) is 2.49. The van der Waals surface area contributed by atoms with E-state index in [1.54, 1.807) is 48.4 Å². The minimum absolute atomic E-state index is 0.0505. The molecular formula is C23H21NO6. The van der Waals surface area contributed by atoms with Crippen LogP contribution in [0.1, 0.15) is 43.6 Å². The molecule has 1 atom stereocenters. The van der Waals surface area contributed by atoms with Gasteiger partial charge in [-0.2, -0.15) is 0 Å². The lowest BCUT2D eigenvalue weighted by atomic mass is 9.97. The summed E-state index contributed by atoms with van der Waals surface area (Å²) < 4.78 is 15.8. The molecule has 0 aliphatic carbocycles. The van der Waals surface area contributed by atoms with Gasteiger partial charge in [-0.3, -0.25) is 9.59 Å². The van der Waals surface area contributed by atoms with Gasteiger partial charge < -0.3 is 18.8 Å². The van der Waals surface area contributed by atoms with Gasteiger partial charge in [-0.05, 0) is 36.8 Å². The molecule has 154 valence electrons. The van der Waals surface area contributed by atoms with Crippen molar-refractivity contribution in [2.75, 3.05) is 27.4 Å². The highest BCUT2D eigenvalue weighted by Crippen LogP contribution is 2.38. The quantitative estimate of drug-likeness (QED) is 0.604. The maximum atomic E-state index is 13.4. The van der Waals surface area contributed by atoms with Crippen LogP contribution in [-0.2, 0) is 9.47 Å². The number of benzene rings is 2. The molecule has 1 aliphatic rings. The number of fused-ring (bicyclic) bond motifs is 2. The molecule has 2 heterocycles. The predicted molar refractivity (Wildman–Crippen MR) is 110 cm³/mol. The zero-order chi connectivity index (χ0) is 21.4. The molecule has 1 aromatic heterocycles. The number of carbonyl (C=O) groups is 2. The number of esters is 1. The van der Waals surface area contributed by atoms with Crippen molar-refractivity contribution in [3.05, 3.63) is 80.7 Å². The highest BCUT2D eigenvalue weighted by atomic mass is 16.5. The Morgan fingerprint density at radius 1 is 1.10 bits per heavy atom. The van der Waals surface area contributed by atoms with Crippen LogP contribution in [0, 0.1) is 6.92 Å². The molecule has 30 heavy (non-hydrogen) atoms. The Kier molecular flexibility index (Phi) is 5.13. The smallest absolute Gasteiger partial charge is 0.337 e. The Morgan fingerprint density at radius 3 is 2.50 bits per heavy atom. The summed E-state index contributed by atoms with van der Waals surface area (Å²) in [7, 11) is 2.86. The Labute approximate surface area is 172 Å². The number of amides is 1. The number of aryl methyl sites for hydroxylation is 1. The summed E-state index contributed by atoms with van der Waals surface area (Å²) in [5.74, 6) is -0.764. The van der Waals surface area contributed by atoms with Crippen LogP contribution in [-0.4, -0.2) is 44.1 Å². The first-order valence-corrected chi connectivity index (χ1v) is 9.51. The van der Waals surface area contributed by atoms with Crippen molar-refractivity contribution in [2.24, 2.45) is 0 Å². The Hall–Kier alpha value is -3.45. The molecular weight excluding hydrogens is 386 g/mol. The van der Waals surface area contributed by atoms with Gasteiger partial charge in [0.25, 0.3) is 5.91 Å². The lowest BCUT2D eigenvalue weighted by molar-refractivity contribution is 0.0599. The van der Waals surface area contributed by atoms with Crippen molar-refractivity contribution < 1.29 is 23.5 Å². The van der Waals surface area contributed by atoms with Crippen molar-refractivity contribution in [3.63, 3.8) is 0 Å². The molecule has 2 aromatic carbocycles. The van der Waals surface area contributed by atoms with E-state index in [1.807, 2.05) is 13.0 Å². The average molecular weight is 407 g/mol. The molecule has 0 spiro atoms. The summed E-state index contributed by atoms with van der Waals surface area (Å²) in [6, 6.07) is 11.4. The van der Waals surface area contributed by atoms with E-state index in [-0.39, 0.29) is 23.6 Å². The van der Waals surface area contributed by atoms with Crippen LogP contribution < -0.4 is 5.43 Å². The molecule has 0 saturated heterocycles. The van der Waals surface area contributed by atoms with Gasteiger partial charge in [0.2, 0.25) is 5.76 Å². The molecule has 0 unspecified atom stereocenters. The first kappa shape index (κ1) is 19.8. The molecule has 0 N–H and O–H groups in total. The van der Waals surface area contributed by atoms with Gasteiger partial charge in [-0.25, -0.2) is 4.79 Å². The fraction of sp³-hybridized carbons (Fsp3) is 0.261. The number of carbonyl (C=O) groups excluding carboxylic acids is 2. The van der Waals surface area contributed by atoms with Crippen LogP contribution in [0.25, 0.3) is 11.0 Å². The predicted octanol–water partition coefficient (Wildman–Crippen LogP) is 3.08. The van der Waals surface area contributed by atoms with E-state index in [4.69, 9.17) is 13.9 Å². The van der Waals surface area contributed by atoms with Crippen LogP contribution >= 0.6 is 0 Å².